The average molecular weight is 384 g/mol. The molecule has 2 heterocycles. The van der Waals surface area contributed by atoms with E-state index < -0.39 is 23.0 Å². The quantitative estimate of drug-likeness (QED) is 0.723. The largest absolute Gasteiger partial charge is 0.329 e. The number of pyridine rings is 1. The summed E-state index contributed by atoms with van der Waals surface area (Å²) in [6, 6.07) is 5.95. The van der Waals surface area contributed by atoms with E-state index in [4.69, 9.17) is 0 Å². The van der Waals surface area contributed by atoms with Crippen molar-refractivity contribution in [3.05, 3.63) is 67.7 Å². The molecule has 146 valence electrons. The van der Waals surface area contributed by atoms with Crippen molar-refractivity contribution >= 4 is 22.6 Å². The molecule has 0 spiro atoms. The lowest BCUT2D eigenvalue weighted by atomic mass is 10.0. The summed E-state index contributed by atoms with van der Waals surface area (Å²) in [5.74, 6) is -1.27. The molecule has 0 aliphatic carbocycles. The van der Waals surface area contributed by atoms with Crippen molar-refractivity contribution < 1.29 is 9.18 Å². The molecule has 7 nitrogen and oxygen atoms in total. The Labute approximate surface area is 160 Å². The summed E-state index contributed by atoms with van der Waals surface area (Å²) in [6.45, 7) is 7.52. The van der Waals surface area contributed by atoms with E-state index in [2.05, 4.69) is 15.3 Å². The molecule has 3 aromatic rings. The highest BCUT2D eigenvalue weighted by molar-refractivity contribution is 6.11. The summed E-state index contributed by atoms with van der Waals surface area (Å²) < 4.78 is 15.5. The van der Waals surface area contributed by atoms with Gasteiger partial charge in [-0.15, -0.1) is 0 Å². The number of H-pyrrole nitrogens is 1. The van der Waals surface area contributed by atoms with Gasteiger partial charge in [0.2, 0.25) is 0 Å². The van der Waals surface area contributed by atoms with E-state index in [9.17, 15) is 18.8 Å². The third-order valence-electron chi connectivity index (χ3n) is 4.49. The monoisotopic (exact) mass is 384 g/mol. The molecule has 0 saturated heterocycles. The highest BCUT2D eigenvalue weighted by atomic mass is 19.1. The molecule has 0 saturated carbocycles. The van der Waals surface area contributed by atoms with Crippen molar-refractivity contribution in [2.24, 2.45) is 0 Å². The molecule has 0 atom stereocenters. The van der Waals surface area contributed by atoms with Crippen molar-refractivity contribution in [2.75, 3.05) is 5.32 Å². The van der Waals surface area contributed by atoms with Gasteiger partial charge in [0.25, 0.3) is 11.5 Å². The molecule has 0 bridgehead atoms. The summed E-state index contributed by atoms with van der Waals surface area (Å²) in [4.78, 5) is 44.2. The van der Waals surface area contributed by atoms with Gasteiger partial charge in [-0.3, -0.25) is 19.1 Å². The molecule has 0 aliphatic heterocycles. The minimum Gasteiger partial charge on any atom is -0.319 e. The van der Waals surface area contributed by atoms with Gasteiger partial charge in [0, 0.05) is 12.2 Å². The number of aromatic amines is 1. The number of carbonyl (C=O) groups excluding carboxylic acids is 1. The third-order valence-corrected chi connectivity index (χ3v) is 4.49. The zero-order chi connectivity index (χ0) is 20.6. The van der Waals surface area contributed by atoms with Gasteiger partial charge in [0.05, 0.1) is 16.6 Å². The zero-order valence-corrected chi connectivity index (χ0v) is 16.1. The number of nitrogens with zero attached hydrogens (tertiary/aromatic N) is 2. The summed E-state index contributed by atoms with van der Waals surface area (Å²) in [5.41, 5.74) is 0.150. The zero-order valence-electron chi connectivity index (χ0n) is 16.1. The maximum atomic E-state index is 14.2. The topological polar surface area (TPSA) is 96.9 Å². The number of carbonyl (C=O) groups is 1. The number of nitrogens with one attached hydrogen (secondary N) is 2. The summed E-state index contributed by atoms with van der Waals surface area (Å²) in [6.07, 6.45) is 0. The van der Waals surface area contributed by atoms with Crippen LogP contribution < -0.4 is 16.6 Å². The number of rotatable bonds is 4. The van der Waals surface area contributed by atoms with Crippen LogP contribution in [-0.4, -0.2) is 20.4 Å². The SMILES string of the molecule is CCn1c(=O)[nH]c(=O)c2c(C(=O)Nc3ccc(C)cc3F)cc(C(C)C)nc21. The molecular weight excluding hydrogens is 363 g/mol. The smallest absolute Gasteiger partial charge is 0.319 e. The van der Waals surface area contributed by atoms with Crippen LogP contribution in [0.5, 0.6) is 0 Å². The average Bonchev–Trinajstić information content (AvgIpc) is 2.63. The van der Waals surface area contributed by atoms with E-state index in [1.807, 2.05) is 13.8 Å². The van der Waals surface area contributed by atoms with E-state index in [1.165, 1.54) is 22.8 Å². The van der Waals surface area contributed by atoms with Crippen LogP contribution in [0.1, 0.15) is 48.3 Å². The third kappa shape index (κ3) is 3.45. The second-order valence-electron chi connectivity index (χ2n) is 6.89. The van der Waals surface area contributed by atoms with Crippen LogP contribution in [0.3, 0.4) is 0 Å². The van der Waals surface area contributed by atoms with Gasteiger partial charge >= 0.3 is 5.69 Å². The van der Waals surface area contributed by atoms with Gasteiger partial charge in [-0.05, 0) is 43.5 Å². The Morgan fingerprint density at radius 3 is 2.61 bits per heavy atom. The predicted molar refractivity (Wildman–Crippen MR) is 105 cm³/mol. The highest BCUT2D eigenvalue weighted by Crippen LogP contribution is 2.22. The molecule has 1 amide bonds. The first-order valence-electron chi connectivity index (χ1n) is 8.98. The molecule has 8 heteroatoms. The molecule has 28 heavy (non-hydrogen) atoms. The Balaban J connectivity index is 2.25. The Hall–Kier alpha value is -3.29. The van der Waals surface area contributed by atoms with Crippen molar-refractivity contribution in [1.29, 1.82) is 0 Å². The first-order valence-corrected chi connectivity index (χ1v) is 8.98. The van der Waals surface area contributed by atoms with E-state index >= 15 is 0 Å². The molecule has 2 N–H and O–H groups in total. The Morgan fingerprint density at radius 2 is 2.00 bits per heavy atom. The fourth-order valence-electron chi connectivity index (χ4n) is 2.97. The van der Waals surface area contributed by atoms with Crippen LogP contribution >= 0.6 is 0 Å². The predicted octanol–water partition coefficient (Wildman–Crippen LogP) is 2.93. The number of aromatic nitrogens is 3. The number of anilines is 1. The number of benzene rings is 1. The number of aryl methyl sites for hydroxylation is 2. The summed E-state index contributed by atoms with van der Waals surface area (Å²) in [5, 5.41) is 2.51. The Morgan fingerprint density at radius 1 is 1.29 bits per heavy atom. The number of hydrogen-bond acceptors (Lipinski definition) is 4. The van der Waals surface area contributed by atoms with Gasteiger partial charge in [-0.2, -0.15) is 0 Å². The minimum atomic E-state index is -0.706. The van der Waals surface area contributed by atoms with E-state index in [0.717, 1.165) is 5.56 Å². The number of halogens is 1. The van der Waals surface area contributed by atoms with E-state index in [1.54, 1.807) is 19.9 Å². The molecule has 0 radical (unpaired) electrons. The molecule has 1 aromatic carbocycles. The lowest BCUT2D eigenvalue weighted by molar-refractivity contribution is 0.102. The standard InChI is InChI=1S/C20H21FN4O3/c1-5-25-17-16(19(27)24-20(25)28)12(9-15(22-17)10(2)3)18(26)23-14-7-6-11(4)8-13(14)21/h6-10H,5H2,1-4H3,(H,23,26)(H,24,27,28). The minimum absolute atomic E-state index is 0.00382. The first-order chi connectivity index (χ1) is 13.2. The molecule has 0 aliphatic rings. The van der Waals surface area contributed by atoms with Crippen LogP contribution in [-0.2, 0) is 6.54 Å². The van der Waals surface area contributed by atoms with Crippen molar-refractivity contribution in [3.63, 3.8) is 0 Å². The van der Waals surface area contributed by atoms with Crippen LogP contribution in [0.25, 0.3) is 11.0 Å². The molecule has 0 unspecified atom stereocenters. The lowest BCUT2D eigenvalue weighted by Crippen LogP contribution is -2.32. The second kappa shape index (κ2) is 7.38. The van der Waals surface area contributed by atoms with Crippen molar-refractivity contribution in [1.82, 2.24) is 14.5 Å². The molecule has 2 aromatic heterocycles. The Kier molecular flexibility index (Phi) is 5.13. The van der Waals surface area contributed by atoms with Crippen molar-refractivity contribution in [3.8, 4) is 0 Å². The molecular formula is C20H21FN4O3. The number of amides is 1. The van der Waals surface area contributed by atoms with Gasteiger partial charge < -0.3 is 5.32 Å². The summed E-state index contributed by atoms with van der Waals surface area (Å²) in [7, 11) is 0. The second-order valence-corrected chi connectivity index (χ2v) is 6.89. The number of fused-ring (bicyclic) bond motifs is 1. The number of hydrogen-bond donors (Lipinski definition) is 2. The Bertz CT molecular complexity index is 1190. The fourth-order valence-corrected chi connectivity index (χ4v) is 2.97. The van der Waals surface area contributed by atoms with Crippen LogP contribution in [0.15, 0.2) is 33.9 Å². The van der Waals surface area contributed by atoms with Gasteiger partial charge in [-0.25, -0.2) is 14.2 Å². The van der Waals surface area contributed by atoms with Crippen LogP contribution in [0, 0.1) is 12.7 Å². The maximum Gasteiger partial charge on any atom is 0.329 e. The highest BCUT2D eigenvalue weighted by Gasteiger charge is 2.21. The van der Waals surface area contributed by atoms with Gasteiger partial charge in [0.1, 0.15) is 5.82 Å². The first kappa shape index (κ1) is 19.5. The van der Waals surface area contributed by atoms with Crippen LogP contribution in [0.4, 0.5) is 10.1 Å². The lowest BCUT2D eigenvalue weighted by Gasteiger charge is -2.14. The van der Waals surface area contributed by atoms with Crippen LogP contribution in [0.2, 0.25) is 0 Å². The van der Waals surface area contributed by atoms with Gasteiger partial charge in [-0.1, -0.05) is 19.9 Å². The van der Waals surface area contributed by atoms with E-state index in [0.29, 0.717) is 5.69 Å². The van der Waals surface area contributed by atoms with Gasteiger partial charge in [0.15, 0.2) is 5.65 Å². The van der Waals surface area contributed by atoms with Crippen molar-refractivity contribution in [2.45, 2.75) is 40.2 Å². The fraction of sp³-hybridized carbons (Fsp3) is 0.300. The molecule has 0 fully saturated rings. The maximum absolute atomic E-state index is 14.2. The normalized spacial score (nSPS) is 11.2. The van der Waals surface area contributed by atoms with E-state index in [-0.39, 0.29) is 34.7 Å². The molecule has 3 rings (SSSR count). The summed E-state index contributed by atoms with van der Waals surface area (Å²) >= 11 is 0.